The largest absolute Gasteiger partial charge is 0.481 e. The first-order chi connectivity index (χ1) is 9.79. The van der Waals surface area contributed by atoms with Crippen LogP contribution in [-0.2, 0) is 4.79 Å². The molecule has 4 heteroatoms. The lowest BCUT2D eigenvalue weighted by atomic mass is 9.87. The fourth-order valence-corrected chi connectivity index (χ4v) is 2.80. The Morgan fingerprint density at radius 3 is 2.14 bits per heavy atom. The molecule has 118 valence electrons. The summed E-state index contributed by atoms with van der Waals surface area (Å²) in [5, 5.41) is 22.9. The molecular weight excluding hydrogens is 266 g/mol. The van der Waals surface area contributed by atoms with E-state index < -0.39 is 12.1 Å². The molecule has 0 bridgehead atoms. The maximum Gasteiger partial charge on any atom is 0.303 e. The average Bonchev–Trinajstić information content (AvgIpc) is 2.41. The molecule has 0 radical (unpaired) electrons. The molecule has 0 aliphatic rings. The van der Waals surface area contributed by atoms with E-state index in [1.54, 1.807) is 0 Å². The third-order valence-corrected chi connectivity index (χ3v) is 4.24. The fourth-order valence-electron chi connectivity index (χ4n) is 2.80. The van der Waals surface area contributed by atoms with Crippen molar-refractivity contribution < 1.29 is 15.0 Å². The average molecular weight is 293 g/mol. The number of hydrogen-bond acceptors (Lipinski definition) is 3. The quantitative estimate of drug-likeness (QED) is 0.723. The number of nitrogens with one attached hydrogen (secondary N) is 1. The summed E-state index contributed by atoms with van der Waals surface area (Å²) in [5.74, 6) is -0.834. The van der Waals surface area contributed by atoms with Crippen molar-refractivity contribution in [2.45, 2.75) is 59.6 Å². The summed E-state index contributed by atoms with van der Waals surface area (Å²) in [7, 11) is 0. The summed E-state index contributed by atoms with van der Waals surface area (Å²) in [6.07, 6.45) is -0.226. The molecule has 2 unspecified atom stereocenters. The zero-order chi connectivity index (χ0) is 16.2. The molecule has 2 atom stereocenters. The van der Waals surface area contributed by atoms with E-state index in [-0.39, 0.29) is 12.5 Å². The predicted octanol–water partition coefficient (Wildman–Crippen LogP) is 2.80. The van der Waals surface area contributed by atoms with E-state index in [0.717, 1.165) is 27.8 Å². The van der Waals surface area contributed by atoms with E-state index in [4.69, 9.17) is 5.11 Å². The number of likely N-dealkylation sites (N-methyl/N-ethyl adjacent to an activating group) is 1. The van der Waals surface area contributed by atoms with Gasteiger partial charge in [-0.1, -0.05) is 13.0 Å². The van der Waals surface area contributed by atoms with Gasteiger partial charge >= 0.3 is 5.97 Å². The van der Waals surface area contributed by atoms with Gasteiger partial charge in [0, 0.05) is 12.5 Å². The number of aliphatic carboxylic acids is 1. The minimum absolute atomic E-state index is 0.0532. The maximum atomic E-state index is 10.8. The molecule has 1 aromatic rings. The zero-order valence-corrected chi connectivity index (χ0v) is 13.7. The highest BCUT2D eigenvalue weighted by atomic mass is 16.4. The Balaban J connectivity index is 3.13. The summed E-state index contributed by atoms with van der Waals surface area (Å²) in [6.45, 7) is 10.8. The first-order valence-corrected chi connectivity index (χ1v) is 7.50. The molecule has 0 saturated carbocycles. The summed E-state index contributed by atoms with van der Waals surface area (Å²) in [5.41, 5.74) is 5.41. The molecule has 0 aliphatic heterocycles. The van der Waals surface area contributed by atoms with E-state index in [2.05, 4.69) is 11.4 Å². The molecule has 21 heavy (non-hydrogen) atoms. The Labute approximate surface area is 127 Å². The lowest BCUT2D eigenvalue weighted by molar-refractivity contribution is -0.137. The van der Waals surface area contributed by atoms with Gasteiger partial charge in [-0.2, -0.15) is 0 Å². The van der Waals surface area contributed by atoms with Crippen LogP contribution in [0, 0.1) is 27.7 Å². The van der Waals surface area contributed by atoms with Crippen LogP contribution in [0.3, 0.4) is 0 Å². The molecule has 0 aromatic heterocycles. The molecule has 0 saturated heterocycles. The third kappa shape index (κ3) is 4.29. The summed E-state index contributed by atoms with van der Waals surface area (Å²) < 4.78 is 0. The molecule has 0 fully saturated rings. The Morgan fingerprint density at radius 2 is 1.71 bits per heavy atom. The van der Waals surface area contributed by atoms with Gasteiger partial charge in [-0.3, -0.25) is 4.79 Å². The second kappa shape index (κ2) is 7.57. The fraction of sp³-hybridized carbons (Fsp3) is 0.588. The highest BCUT2D eigenvalue weighted by Crippen LogP contribution is 2.30. The summed E-state index contributed by atoms with van der Waals surface area (Å²) in [6, 6.07) is 1.88. The minimum Gasteiger partial charge on any atom is -0.481 e. The molecule has 1 rings (SSSR count). The monoisotopic (exact) mass is 293 g/mol. The van der Waals surface area contributed by atoms with Crippen LogP contribution in [0.15, 0.2) is 6.07 Å². The van der Waals surface area contributed by atoms with Gasteiger partial charge < -0.3 is 15.5 Å². The Hall–Kier alpha value is -1.39. The molecule has 0 spiro atoms. The third-order valence-electron chi connectivity index (χ3n) is 4.24. The number of hydrogen-bond donors (Lipinski definition) is 3. The van der Waals surface area contributed by atoms with Crippen molar-refractivity contribution in [3.63, 3.8) is 0 Å². The second-order valence-corrected chi connectivity index (χ2v) is 5.72. The second-order valence-electron chi connectivity index (χ2n) is 5.72. The lowest BCUT2D eigenvalue weighted by Crippen LogP contribution is -2.36. The van der Waals surface area contributed by atoms with Crippen LogP contribution in [0.5, 0.6) is 0 Å². The zero-order valence-electron chi connectivity index (χ0n) is 13.7. The van der Waals surface area contributed by atoms with Gasteiger partial charge in [-0.25, -0.2) is 0 Å². The predicted molar refractivity (Wildman–Crippen MR) is 84.7 cm³/mol. The van der Waals surface area contributed by atoms with Crippen molar-refractivity contribution >= 4 is 5.97 Å². The van der Waals surface area contributed by atoms with Crippen LogP contribution in [0.1, 0.15) is 53.7 Å². The normalized spacial score (nSPS) is 14.0. The molecule has 4 nitrogen and oxygen atoms in total. The molecular formula is C17H27NO3. The van der Waals surface area contributed by atoms with Crippen LogP contribution in [0.25, 0.3) is 0 Å². The standard InChI is InChI=1S/C17H27NO3/c1-6-18-14(7-8-15(19)20)17(21)16-12(4)10(2)9-11(3)13(16)5/h9,14,17-18,21H,6-8H2,1-5H3,(H,19,20). The van der Waals surface area contributed by atoms with Crippen LogP contribution in [-0.4, -0.2) is 28.8 Å². The Bertz CT molecular complexity index is 485. The Kier molecular flexibility index (Phi) is 6.37. The van der Waals surface area contributed by atoms with Gasteiger partial charge in [0.1, 0.15) is 0 Å². The minimum atomic E-state index is -0.834. The van der Waals surface area contributed by atoms with Crippen molar-refractivity contribution in [3.05, 3.63) is 33.9 Å². The molecule has 0 heterocycles. The lowest BCUT2D eigenvalue weighted by Gasteiger charge is -2.27. The van der Waals surface area contributed by atoms with E-state index in [0.29, 0.717) is 13.0 Å². The number of benzene rings is 1. The molecule has 0 amide bonds. The van der Waals surface area contributed by atoms with Crippen molar-refractivity contribution in [1.82, 2.24) is 5.32 Å². The number of carbonyl (C=O) groups is 1. The number of aryl methyl sites for hydroxylation is 2. The first kappa shape index (κ1) is 17.7. The number of aliphatic hydroxyl groups is 1. The van der Waals surface area contributed by atoms with E-state index in [9.17, 15) is 9.90 Å². The maximum absolute atomic E-state index is 10.8. The van der Waals surface area contributed by atoms with Crippen molar-refractivity contribution in [3.8, 4) is 0 Å². The van der Waals surface area contributed by atoms with Crippen molar-refractivity contribution in [1.29, 1.82) is 0 Å². The van der Waals surface area contributed by atoms with Gasteiger partial charge in [0.2, 0.25) is 0 Å². The highest BCUT2D eigenvalue weighted by molar-refractivity contribution is 5.66. The first-order valence-electron chi connectivity index (χ1n) is 7.50. The van der Waals surface area contributed by atoms with E-state index in [1.165, 1.54) is 0 Å². The highest BCUT2D eigenvalue weighted by Gasteiger charge is 2.25. The van der Waals surface area contributed by atoms with Gasteiger partial charge in [0.15, 0.2) is 0 Å². The Morgan fingerprint density at radius 1 is 1.19 bits per heavy atom. The van der Waals surface area contributed by atoms with Crippen LogP contribution >= 0.6 is 0 Å². The van der Waals surface area contributed by atoms with E-state index in [1.807, 2.05) is 34.6 Å². The smallest absolute Gasteiger partial charge is 0.303 e. The van der Waals surface area contributed by atoms with Gasteiger partial charge in [-0.05, 0) is 68.5 Å². The number of rotatable bonds is 7. The number of carboxylic acids is 1. The van der Waals surface area contributed by atoms with Crippen LogP contribution < -0.4 is 5.32 Å². The molecule has 1 aromatic carbocycles. The molecule has 0 aliphatic carbocycles. The van der Waals surface area contributed by atoms with Gasteiger partial charge in [-0.15, -0.1) is 0 Å². The van der Waals surface area contributed by atoms with Gasteiger partial charge in [0.25, 0.3) is 0 Å². The summed E-state index contributed by atoms with van der Waals surface area (Å²) in [4.78, 5) is 10.8. The summed E-state index contributed by atoms with van der Waals surface area (Å²) >= 11 is 0. The molecule has 3 N–H and O–H groups in total. The van der Waals surface area contributed by atoms with Crippen molar-refractivity contribution in [2.24, 2.45) is 0 Å². The topological polar surface area (TPSA) is 69.6 Å². The van der Waals surface area contributed by atoms with Crippen LogP contribution in [0.4, 0.5) is 0 Å². The van der Waals surface area contributed by atoms with Gasteiger partial charge in [0.05, 0.1) is 6.10 Å². The number of carboxylic acid groups (broad SMARTS) is 1. The number of aliphatic hydroxyl groups excluding tert-OH is 1. The van der Waals surface area contributed by atoms with Crippen LogP contribution in [0.2, 0.25) is 0 Å². The van der Waals surface area contributed by atoms with E-state index >= 15 is 0 Å². The van der Waals surface area contributed by atoms with Crippen molar-refractivity contribution in [2.75, 3.05) is 6.54 Å². The SMILES string of the molecule is CCNC(CCC(=O)O)C(O)c1c(C)c(C)cc(C)c1C.